The van der Waals surface area contributed by atoms with E-state index >= 15 is 0 Å². The zero-order valence-corrected chi connectivity index (χ0v) is 11.6. The number of hydrogen-bond donors (Lipinski definition) is 1. The Hall–Kier alpha value is -1.68. The Balaban J connectivity index is 2.27. The molecule has 2 unspecified atom stereocenters. The molecule has 2 amide bonds. The molecule has 0 saturated carbocycles. The molecule has 19 heavy (non-hydrogen) atoms. The quantitative estimate of drug-likeness (QED) is 0.842. The third-order valence-corrected chi connectivity index (χ3v) is 3.72. The highest BCUT2D eigenvalue weighted by Crippen LogP contribution is 2.30. The number of nitrogens with one attached hydrogen (secondary N) is 1. The summed E-state index contributed by atoms with van der Waals surface area (Å²) in [5, 5.41) is 3.23. The Bertz CT molecular complexity index is 479. The molecule has 1 aromatic rings. The molecule has 0 spiro atoms. The van der Waals surface area contributed by atoms with E-state index in [2.05, 4.69) is 5.32 Å². The van der Waals surface area contributed by atoms with E-state index in [4.69, 9.17) is 0 Å². The first-order valence-corrected chi connectivity index (χ1v) is 6.73. The average molecular weight is 260 g/mol. The van der Waals surface area contributed by atoms with Crippen LogP contribution in [0.3, 0.4) is 0 Å². The molecule has 1 aromatic carbocycles. The number of anilines is 1. The molecule has 0 radical (unpaired) electrons. The van der Waals surface area contributed by atoms with Gasteiger partial charge in [-0.2, -0.15) is 0 Å². The molecular weight excluding hydrogens is 240 g/mol. The van der Waals surface area contributed by atoms with Crippen LogP contribution in [-0.4, -0.2) is 18.4 Å². The number of amides is 2. The van der Waals surface area contributed by atoms with Crippen LogP contribution >= 0.6 is 0 Å². The van der Waals surface area contributed by atoms with Crippen molar-refractivity contribution in [2.45, 2.75) is 27.3 Å². The van der Waals surface area contributed by atoms with Crippen molar-refractivity contribution in [3.05, 3.63) is 29.8 Å². The maximum atomic E-state index is 12.1. The second-order valence-electron chi connectivity index (χ2n) is 5.04. The van der Waals surface area contributed by atoms with Crippen LogP contribution in [-0.2, 0) is 16.1 Å². The van der Waals surface area contributed by atoms with E-state index in [9.17, 15) is 9.59 Å². The van der Waals surface area contributed by atoms with E-state index in [1.807, 2.05) is 45.0 Å². The van der Waals surface area contributed by atoms with Crippen LogP contribution in [0.25, 0.3) is 0 Å². The number of imide groups is 1. The first-order valence-electron chi connectivity index (χ1n) is 6.73. The zero-order valence-electron chi connectivity index (χ0n) is 11.6. The second kappa shape index (κ2) is 5.53. The van der Waals surface area contributed by atoms with Gasteiger partial charge in [0.1, 0.15) is 0 Å². The predicted octanol–water partition coefficient (Wildman–Crippen LogP) is 1.94. The van der Waals surface area contributed by atoms with E-state index in [0.717, 1.165) is 18.7 Å². The molecule has 0 aliphatic carbocycles. The molecule has 4 nitrogen and oxygen atoms in total. The molecule has 1 N–H and O–H groups in total. The first kappa shape index (κ1) is 13.7. The minimum atomic E-state index is -0.232. The van der Waals surface area contributed by atoms with Crippen LogP contribution in [0.5, 0.6) is 0 Å². The molecule has 2 atom stereocenters. The third-order valence-electron chi connectivity index (χ3n) is 3.72. The normalized spacial score (nSPS) is 23.2. The standard InChI is InChI=1S/C15H20N2O2/c1-4-16-9-12-6-5-7-13(8-12)17-14(18)10(2)11(3)15(17)19/h5-8,10-11,16H,4,9H2,1-3H3. The smallest absolute Gasteiger partial charge is 0.237 e. The number of nitrogens with zero attached hydrogens (tertiary/aromatic N) is 1. The van der Waals surface area contributed by atoms with Crippen molar-refractivity contribution >= 4 is 17.5 Å². The topological polar surface area (TPSA) is 49.4 Å². The van der Waals surface area contributed by atoms with E-state index in [-0.39, 0.29) is 23.7 Å². The van der Waals surface area contributed by atoms with Gasteiger partial charge in [0.2, 0.25) is 11.8 Å². The van der Waals surface area contributed by atoms with Crippen LogP contribution in [0.1, 0.15) is 26.3 Å². The van der Waals surface area contributed by atoms with Gasteiger partial charge >= 0.3 is 0 Å². The summed E-state index contributed by atoms with van der Waals surface area (Å²) in [6, 6.07) is 7.60. The molecule has 102 valence electrons. The number of carbonyl (C=O) groups is 2. The predicted molar refractivity (Wildman–Crippen MR) is 74.6 cm³/mol. The summed E-state index contributed by atoms with van der Waals surface area (Å²) < 4.78 is 0. The van der Waals surface area contributed by atoms with Gasteiger partial charge in [0, 0.05) is 18.4 Å². The Morgan fingerprint density at radius 1 is 1.16 bits per heavy atom. The molecule has 4 heteroatoms. The second-order valence-corrected chi connectivity index (χ2v) is 5.04. The highest BCUT2D eigenvalue weighted by molar-refractivity contribution is 6.21. The summed E-state index contributed by atoms with van der Waals surface area (Å²) in [5.74, 6) is -0.661. The lowest BCUT2D eigenvalue weighted by atomic mass is 10.00. The molecule has 1 fully saturated rings. The van der Waals surface area contributed by atoms with Crippen molar-refractivity contribution in [1.82, 2.24) is 5.32 Å². The average Bonchev–Trinajstić information content (AvgIpc) is 2.61. The fraction of sp³-hybridized carbons (Fsp3) is 0.467. The van der Waals surface area contributed by atoms with Crippen molar-refractivity contribution in [1.29, 1.82) is 0 Å². The van der Waals surface area contributed by atoms with Crippen molar-refractivity contribution in [3.8, 4) is 0 Å². The summed E-state index contributed by atoms with van der Waals surface area (Å²) in [6.45, 7) is 7.30. The summed E-state index contributed by atoms with van der Waals surface area (Å²) in [6.07, 6.45) is 0. The summed E-state index contributed by atoms with van der Waals surface area (Å²) in [5.41, 5.74) is 1.76. The Morgan fingerprint density at radius 3 is 2.37 bits per heavy atom. The van der Waals surface area contributed by atoms with Gasteiger partial charge in [-0.1, -0.05) is 32.9 Å². The molecule has 0 bridgehead atoms. The minimum Gasteiger partial charge on any atom is -0.313 e. The van der Waals surface area contributed by atoms with Crippen LogP contribution in [0.2, 0.25) is 0 Å². The third kappa shape index (κ3) is 2.54. The van der Waals surface area contributed by atoms with Gasteiger partial charge < -0.3 is 5.32 Å². The minimum absolute atomic E-state index is 0.0990. The molecular formula is C15H20N2O2. The van der Waals surface area contributed by atoms with Gasteiger partial charge in [0.05, 0.1) is 5.69 Å². The number of carbonyl (C=O) groups excluding carboxylic acids is 2. The molecule has 1 heterocycles. The van der Waals surface area contributed by atoms with Crippen LogP contribution in [0, 0.1) is 11.8 Å². The summed E-state index contributed by atoms with van der Waals surface area (Å²) in [7, 11) is 0. The number of rotatable bonds is 4. The lowest BCUT2D eigenvalue weighted by Gasteiger charge is -2.15. The highest BCUT2D eigenvalue weighted by Gasteiger charge is 2.42. The van der Waals surface area contributed by atoms with Gasteiger partial charge in [-0.3, -0.25) is 14.5 Å². The van der Waals surface area contributed by atoms with E-state index in [0.29, 0.717) is 5.69 Å². The zero-order chi connectivity index (χ0) is 14.0. The largest absolute Gasteiger partial charge is 0.313 e. The van der Waals surface area contributed by atoms with Crippen LogP contribution in [0.4, 0.5) is 5.69 Å². The van der Waals surface area contributed by atoms with Gasteiger partial charge in [0.15, 0.2) is 0 Å². The molecule has 2 rings (SSSR count). The first-order chi connectivity index (χ1) is 9.06. The van der Waals surface area contributed by atoms with Crippen molar-refractivity contribution in [3.63, 3.8) is 0 Å². The Morgan fingerprint density at radius 2 is 1.79 bits per heavy atom. The van der Waals surface area contributed by atoms with E-state index in [1.54, 1.807) is 0 Å². The van der Waals surface area contributed by atoms with Crippen LogP contribution < -0.4 is 10.2 Å². The van der Waals surface area contributed by atoms with Gasteiger partial charge in [-0.25, -0.2) is 0 Å². The SMILES string of the molecule is CCNCc1cccc(N2C(=O)C(C)C(C)C2=O)c1. The fourth-order valence-corrected chi connectivity index (χ4v) is 2.27. The Kier molecular flexibility index (Phi) is 4.00. The van der Waals surface area contributed by atoms with E-state index in [1.165, 1.54) is 4.90 Å². The molecule has 0 aromatic heterocycles. The number of hydrogen-bond acceptors (Lipinski definition) is 3. The van der Waals surface area contributed by atoms with Gasteiger partial charge in [-0.15, -0.1) is 0 Å². The molecule has 1 aliphatic heterocycles. The van der Waals surface area contributed by atoms with E-state index < -0.39 is 0 Å². The van der Waals surface area contributed by atoms with Gasteiger partial charge in [0.25, 0.3) is 0 Å². The van der Waals surface area contributed by atoms with Crippen molar-refractivity contribution < 1.29 is 9.59 Å². The summed E-state index contributed by atoms with van der Waals surface area (Å²) >= 11 is 0. The Labute approximate surface area is 113 Å². The maximum absolute atomic E-state index is 12.1. The van der Waals surface area contributed by atoms with Crippen molar-refractivity contribution in [2.24, 2.45) is 11.8 Å². The monoisotopic (exact) mass is 260 g/mol. The lowest BCUT2D eigenvalue weighted by molar-refractivity contribution is -0.122. The van der Waals surface area contributed by atoms with Crippen molar-refractivity contribution in [2.75, 3.05) is 11.4 Å². The summed E-state index contributed by atoms with van der Waals surface area (Å²) in [4.78, 5) is 25.6. The maximum Gasteiger partial charge on any atom is 0.237 e. The lowest BCUT2D eigenvalue weighted by Crippen LogP contribution is -2.30. The molecule has 1 aliphatic rings. The number of benzene rings is 1. The van der Waals surface area contributed by atoms with Gasteiger partial charge in [-0.05, 0) is 24.2 Å². The van der Waals surface area contributed by atoms with Crippen LogP contribution in [0.15, 0.2) is 24.3 Å². The molecule has 1 saturated heterocycles. The fourth-order valence-electron chi connectivity index (χ4n) is 2.27. The highest BCUT2D eigenvalue weighted by atomic mass is 16.2.